The minimum Gasteiger partial charge on any atom is -0.319 e. The highest BCUT2D eigenvalue weighted by Gasteiger charge is 2.21. The molecule has 3 aromatic carbocycles. The van der Waals surface area contributed by atoms with Crippen LogP contribution in [0.2, 0.25) is 5.02 Å². The van der Waals surface area contributed by atoms with Crippen molar-refractivity contribution in [3.63, 3.8) is 0 Å². The second-order valence-electron chi connectivity index (χ2n) is 8.31. The van der Waals surface area contributed by atoms with Crippen molar-refractivity contribution in [2.75, 3.05) is 5.32 Å². The number of halogens is 2. The Morgan fingerprint density at radius 3 is 2.45 bits per heavy atom. The van der Waals surface area contributed by atoms with Gasteiger partial charge in [-0.1, -0.05) is 77.3 Å². The second-order valence-corrected chi connectivity index (χ2v) is 9.66. The van der Waals surface area contributed by atoms with Crippen LogP contribution in [0.5, 0.6) is 0 Å². The first-order valence-corrected chi connectivity index (χ1v) is 11.8. The standard InChI is InChI=1S/C26H24BrClN4O/c1-15(2)21-13-19(27)10-12-22(21)29-26(33)24-30-25(18-8-5-16(3)6-9-18)32(31-24)23-14-20(28)11-7-17(23)4/h5-15H,1-4H3,(H,29,33). The Morgan fingerprint density at radius 1 is 1.03 bits per heavy atom. The van der Waals surface area contributed by atoms with E-state index >= 15 is 0 Å². The first-order valence-electron chi connectivity index (χ1n) is 10.6. The van der Waals surface area contributed by atoms with Gasteiger partial charge < -0.3 is 5.32 Å². The number of rotatable bonds is 5. The van der Waals surface area contributed by atoms with Crippen LogP contribution in [0, 0.1) is 13.8 Å². The number of hydrogen-bond donors (Lipinski definition) is 1. The molecule has 1 amide bonds. The van der Waals surface area contributed by atoms with E-state index in [1.54, 1.807) is 4.68 Å². The number of nitrogens with zero attached hydrogens (tertiary/aromatic N) is 3. The number of amides is 1. The van der Waals surface area contributed by atoms with Crippen molar-refractivity contribution in [2.45, 2.75) is 33.6 Å². The highest BCUT2D eigenvalue weighted by atomic mass is 79.9. The minimum atomic E-state index is -0.369. The van der Waals surface area contributed by atoms with Gasteiger partial charge >= 0.3 is 0 Å². The molecule has 0 saturated heterocycles. The van der Waals surface area contributed by atoms with Crippen molar-refractivity contribution in [3.05, 3.63) is 92.7 Å². The number of carbonyl (C=O) groups excluding carboxylic acids is 1. The van der Waals surface area contributed by atoms with Gasteiger partial charge in [0.1, 0.15) is 0 Å². The van der Waals surface area contributed by atoms with E-state index in [4.69, 9.17) is 11.6 Å². The molecule has 0 aliphatic rings. The van der Waals surface area contributed by atoms with Crippen LogP contribution in [0.4, 0.5) is 5.69 Å². The Bertz CT molecular complexity index is 1330. The van der Waals surface area contributed by atoms with Gasteiger partial charge in [0.15, 0.2) is 5.82 Å². The first kappa shape index (κ1) is 23.2. The number of aryl methyl sites for hydroxylation is 2. The molecule has 1 aromatic heterocycles. The lowest BCUT2D eigenvalue weighted by atomic mass is 10.0. The summed E-state index contributed by atoms with van der Waals surface area (Å²) in [5.74, 6) is 0.527. The maximum Gasteiger partial charge on any atom is 0.295 e. The third-order valence-corrected chi connectivity index (χ3v) is 6.13. The summed E-state index contributed by atoms with van der Waals surface area (Å²) in [6.07, 6.45) is 0. The smallest absolute Gasteiger partial charge is 0.295 e. The van der Waals surface area contributed by atoms with Crippen molar-refractivity contribution in [1.29, 1.82) is 0 Å². The summed E-state index contributed by atoms with van der Waals surface area (Å²) in [4.78, 5) is 17.9. The Kier molecular flexibility index (Phi) is 6.68. The number of benzene rings is 3. The van der Waals surface area contributed by atoms with Crippen LogP contribution in [0.3, 0.4) is 0 Å². The Hall–Kier alpha value is -2.96. The van der Waals surface area contributed by atoms with Gasteiger partial charge in [0.05, 0.1) is 5.69 Å². The zero-order valence-corrected chi connectivity index (χ0v) is 21.2. The van der Waals surface area contributed by atoms with Crippen molar-refractivity contribution < 1.29 is 4.79 Å². The molecule has 0 bridgehead atoms. The zero-order chi connectivity index (χ0) is 23.7. The number of aromatic nitrogens is 3. The van der Waals surface area contributed by atoms with Crippen LogP contribution in [0.15, 0.2) is 65.1 Å². The molecule has 0 radical (unpaired) electrons. The molecule has 4 rings (SSSR count). The van der Waals surface area contributed by atoms with Crippen molar-refractivity contribution in [2.24, 2.45) is 0 Å². The average molecular weight is 524 g/mol. The number of nitrogens with one attached hydrogen (secondary N) is 1. The van der Waals surface area contributed by atoms with E-state index < -0.39 is 0 Å². The van der Waals surface area contributed by atoms with Crippen molar-refractivity contribution in [1.82, 2.24) is 14.8 Å². The second kappa shape index (κ2) is 9.49. The molecule has 1 N–H and O–H groups in total. The molecule has 0 spiro atoms. The highest BCUT2D eigenvalue weighted by molar-refractivity contribution is 9.10. The van der Waals surface area contributed by atoms with Gasteiger partial charge in [-0.2, -0.15) is 0 Å². The molecule has 0 aliphatic carbocycles. The number of hydrogen-bond acceptors (Lipinski definition) is 3. The Balaban J connectivity index is 1.79. The van der Waals surface area contributed by atoms with E-state index in [1.807, 2.05) is 74.5 Å². The third kappa shape index (κ3) is 5.02. The lowest BCUT2D eigenvalue weighted by Gasteiger charge is -2.13. The van der Waals surface area contributed by atoms with E-state index in [2.05, 4.69) is 45.2 Å². The van der Waals surface area contributed by atoms with Crippen LogP contribution >= 0.6 is 27.5 Å². The van der Waals surface area contributed by atoms with Crippen LogP contribution in [-0.4, -0.2) is 20.7 Å². The maximum absolute atomic E-state index is 13.2. The quantitative estimate of drug-likeness (QED) is 0.298. The normalized spacial score (nSPS) is 11.1. The molecule has 0 unspecified atom stereocenters. The molecule has 7 heteroatoms. The fraction of sp³-hybridized carbons (Fsp3) is 0.192. The summed E-state index contributed by atoms with van der Waals surface area (Å²) >= 11 is 9.78. The molecule has 1 heterocycles. The summed E-state index contributed by atoms with van der Waals surface area (Å²) in [5, 5.41) is 8.17. The largest absolute Gasteiger partial charge is 0.319 e. The molecule has 0 saturated carbocycles. The van der Waals surface area contributed by atoms with E-state index in [9.17, 15) is 4.79 Å². The molecular weight excluding hydrogens is 500 g/mol. The lowest BCUT2D eigenvalue weighted by Crippen LogP contribution is -2.16. The minimum absolute atomic E-state index is 0.0857. The SMILES string of the molecule is Cc1ccc(-c2nc(C(=O)Nc3ccc(Br)cc3C(C)C)nn2-c2cc(Cl)ccc2C)cc1. The predicted octanol–water partition coefficient (Wildman–Crippen LogP) is 7.34. The molecule has 33 heavy (non-hydrogen) atoms. The molecule has 0 fully saturated rings. The van der Waals surface area contributed by atoms with Gasteiger partial charge in [0.2, 0.25) is 5.82 Å². The molecule has 0 aliphatic heterocycles. The predicted molar refractivity (Wildman–Crippen MR) is 137 cm³/mol. The van der Waals surface area contributed by atoms with Crippen LogP contribution in [0.25, 0.3) is 17.1 Å². The fourth-order valence-corrected chi connectivity index (χ4v) is 4.12. The van der Waals surface area contributed by atoms with Gasteiger partial charge in [0, 0.05) is 20.7 Å². The topological polar surface area (TPSA) is 59.8 Å². The van der Waals surface area contributed by atoms with Gasteiger partial charge in [-0.15, -0.1) is 5.10 Å². The Morgan fingerprint density at radius 2 is 1.76 bits per heavy atom. The van der Waals surface area contributed by atoms with Crippen molar-refractivity contribution >= 4 is 39.1 Å². The van der Waals surface area contributed by atoms with E-state index in [1.165, 1.54) is 0 Å². The molecule has 0 atom stereocenters. The van der Waals surface area contributed by atoms with Gasteiger partial charge in [-0.25, -0.2) is 9.67 Å². The summed E-state index contributed by atoms with van der Waals surface area (Å²) in [6, 6.07) is 19.4. The fourth-order valence-electron chi connectivity index (χ4n) is 3.58. The summed E-state index contributed by atoms with van der Waals surface area (Å²) in [5.41, 5.74) is 5.51. The lowest BCUT2D eigenvalue weighted by molar-refractivity contribution is 0.101. The third-order valence-electron chi connectivity index (χ3n) is 5.40. The summed E-state index contributed by atoms with van der Waals surface area (Å²) < 4.78 is 2.65. The number of carbonyl (C=O) groups is 1. The van der Waals surface area contributed by atoms with Crippen LogP contribution in [-0.2, 0) is 0 Å². The Labute approximate surface area is 207 Å². The molecule has 5 nitrogen and oxygen atoms in total. The first-order chi connectivity index (χ1) is 15.7. The maximum atomic E-state index is 13.2. The molecular formula is C26H24BrClN4O. The van der Waals surface area contributed by atoms with Gasteiger partial charge in [-0.3, -0.25) is 4.79 Å². The van der Waals surface area contributed by atoms with Gasteiger partial charge in [-0.05, 0) is 61.2 Å². The molecule has 168 valence electrons. The zero-order valence-electron chi connectivity index (χ0n) is 18.9. The van der Waals surface area contributed by atoms with E-state index in [-0.39, 0.29) is 17.6 Å². The van der Waals surface area contributed by atoms with Crippen LogP contribution < -0.4 is 5.32 Å². The van der Waals surface area contributed by atoms with Crippen LogP contribution in [0.1, 0.15) is 47.1 Å². The van der Waals surface area contributed by atoms with Gasteiger partial charge in [0.25, 0.3) is 5.91 Å². The number of anilines is 1. The monoisotopic (exact) mass is 522 g/mol. The molecule has 4 aromatic rings. The van der Waals surface area contributed by atoms with E-state index in [0.717, 1.165) is 38.1 Å². The highest BCUT2D eigenvalue weighted by Crippen LogP contribution is 2.29. The summed E-state index contributed by atoms with van der Waals surface area (Å²) in [6.45, 7) is 8.17. The van der Waals surface area contributed by atoms with E-state index in [0.29, 0.717) is 10.8 Å². The summed E-state index contributed by atoms with van der Waals surface area (Å²) in [7, 11) is 0. The van der Waals surface area contributed by atoms with Crippen molar-refractivity contribution in [3.8, 4) is 17.1 Å². The average Bonchev–Trinajstić information content (AvgIpc) is 3.22.